The number of esters is 1. The lowest BCUT2D eigenvalue weighted by atomic mass is 10.0. The van der Waals surface area contributed by atoms with Crippen molar-refractivity contribution < 1.29 is 23.0 Å². The molecule has 0 radical (unpaired) electrons. The molecule has 1 aromatic rings. The van der Waals surface area contributed by atoms with Crippen LogP contribution in [-0.2, 0) is 11.2 Å². The van der Waals surface area contributed by atoms with Crippen molar-refractivity contribution in [1.82, 2.24) is 0 Å². The van der Waals surface area contributed by atoms with E-state index in [1.54, 1.807) is 19.9 Å². The maximum absolute atomic E-state index is 12.2. The van der Waals surface area contributed by atoms with E-state index in [9.17, 15) is 13.6 Å². The zero-order valence-corrected chi connectivity index (χ0v) is 10.6. The van der Waals surface area contributed by atoms with E-state index in [0.717, 1.165) is 0 Å². The number of ether oxygens (including phenoxy) is 2. The van der Waals surface area contributed by atoms with E-state index in [-0.39, 0.29) is 23.5 Å². The molecule has 0 N–H and O–H groups in total. The number of aryl methyl sites for hydroxylation is 1. The predicted octanol–water partition coefficient (Wildman–Crippen LogP) is 2.90. The van der Waals surface area contributed by atoms with Crippen molar-refractivity contribution in [3.05, 3.63) is 28.8 Å². The van der Waals surface area contributed by atoms with Crippen molar-refractivity contribution in [2.24, 2.45) is 0 Å². The number of carbonyl (C=O) groups excluding carboxylic acids is 1. The van der Waals surface area contributed by atoms with Gasteiger partial charge in [-0.15, -0.1) is 0 Å². The molecule has 6 heteroatoms. The second-order valence-corrected chi connectivity index (χ2v) is 3.57. The van der Waals surface area contributed by atoms with Gasteiger partial charge in [0.15, 0.2) is 0 Å². The van der Waals surface area contributed by atoms with Crippen molar-refractivity contribution in [3.8, 4) is 11.8 Å². The molecule has 0 spiro atoms. The summed E-state index contributed by atoms with van der Waals surface area (Å²) in [6.07, 6.45) is 0.430. The second kappa shape index (κ2) is 6.69. The molecule has 0 amide bonds. The lowest BCUT2D eigenvalue weighted by molar-refractivity contribution is -0.0500. The number of halogens is 2. The number of alkyl halides is 2. The number of hydrogen-bond donors (Lipinski definition) is 0. The topological polar surface area (TPSA) is 59.3 Å². The molecule has 1 rings (SSSR count). The molecule has 0 atom stereocenters. The Morgan fingerprint density at radius 1 is 1.42 bits per heavy atom. The molecule has 0 fully saturated rings. The zero-order valence-electron chi connectivity index (χ0n) is 10.6. The third-order valence-electron chi connectivity index (χ3n) is 2.42. The molecule has 0 bridgehead atoms. The van der Waals surface area contributed by atoms with Crippen LogP contribution in [0.1, 0.15) is 35.3 Å². The molecule has 19 heavy (non-hydrogen) atoms. The minimum Gasteiger partial charge on any atom is -0.462 e. The lowest BCUT2D eigenvalue weighted by Crippen LogP contribution is -2.10. The van der Waals surface area contributed by atoms with Crippen LogP contribution in [0.4, 0.5) is 8.78 Å². The Balaban J connectivity index is 3.27. The normalized spacial score (nSPS) is 10.1. The van der Waals surface area contributed by atoms with Crippen LogP contribution in [0.15, 0.2) is 12.1 Å². The summed E-state index contributed by atoms with van der Waals surface area (Å²) in [6.45, 7) is 0.587. The minimum atomic E-state index is -3.02. The number of hydrogen-bond acceptors (Lipinski definition) is 4. The van der Waals surface area contributed by atoms with Crippen LogP contribution < -0.4 is 4.74 Å². The highest BCUT2D eigenvalue weighted by atomic mass is 19.3. The Hall–Kier alpha value is -2.16. The first-order valence-corrected chi connectivity index (χ1v) is 5.72. The third kappa shape index (κ3) is 3.65. The summed E-state index contributed by atoms with van der Waals surface area (Å²) in [5.74, 6) is -0.818. The first-order valence-electron chi connectivity index (χ1n) is 5.72. The maximum Gasteiger partial charge on any atom is 0.387 e. The molecule has 0 aliphatic carbocycles. The van der Waals surface area contributed by atoms with Gasteiger partial charge >= 0.3 is 12.6 Å². The summed E-state index contributed by atoms with van der Waals surface area (Å²) in [7, 11) is 0. The minimum absolute atomic E-state index is 0.124. The number of benzene rings is 1. The average molecular weight is 269 g/mol. The number of nitriles is 1. The Morgan fingerprint density at radius 2 is 2.11 bits per heavy atom. The van der Waals surface area contributed by atoms with Crippen molar-refractivity contribution in [1.29, 1.82) is 5.26 Å². The Morgan fingerprint density at radius 3 is 2.58 bits per heavy atom. The second-order valence-electron chi connectivity index (χ2n) is 3.57. The molecule has 1 aromatic carbocycles. The molecular weight excluding hydrogens is 256 g/mol. The maximum atomic E-state index is 12.2. The first-order chi connectivity index (χ1) is 9.03. The van der Waals surface area contributed by atoms with E-state index in [4.69, 9.17) is 10.00 Å². The van der Waals surface area contributed by atoms with Gasteiger partial charge in [0.25, 0.3) is 0 Å². The molecule has 4 nitrogen and oxygen atoms in total. The molecule has 0 saturated heterocycles. The van der Waals surface area contributed by atoms with E-state index in [1.807, 2.05) is 0 Å². The zero-order chi connectivity index (χ0) is 14.4. The summed E-state index contributed by atoms with van der Waals surface area (Å²) in [5.41, 5.74) is 0.566. The van der Waals surface area contributed by atoms with Crippen molar-refractivity contribution in [3.63, 3.8) is 0 Å². The van der Waals surface area contributed by atoms with Gasteiger partial charge in [0.2, 0.25) is 0 Å². The van der Waals surface area contributed by atoms with Crippen molar-refractivity contribution in [2.75, 3.05) is 6.61 Å². The molecule has 0 aliphatic heterocycles. The van der Waals surface area contributed by atoms with Gasteiger partial charge in [0, 0.05) is 0 Å². The highest BCUT2D eigenvalue weighted by Gasteiger charge is 2.18. The molecule has 0 aliphatic rings. The van der Waals surface area contributed by atoms with Gasteiger partial charge in [0.05, 0.1) is 17.7 Å². The van der Waals surface area contributed by atoms with E-state index >= 15 is 0 Å². The van der Waals surface area contributed by atoms with Gasteiger partial charge in [-0.2, -0.15) is 14.0 Å². The van der Waals surface area contributed by atoms with Gasteiger partial charge in [-0.3, -0.25) is 0 Å². The van der Waals surface area contributed by atoms with Gasteiger partial charge in [0.1, 0.15) is 11.8 Å². The van der Waals surface area contributed by atoms with Crippen LogP contribution >= 0.6 is 0 Å². The Bertz CT molecular complexity index is 509. The number of nitrogens with zero attached hydrogens (tertiary/aromatic N) is 1. The predicted molar refractivity (Wildman–Crippen MR) is 63.1 cm³/mol. The van der Waals surface area contributed by atoms with Crippen LogP contribution in [0.2, 0.25) is 0 Å². The molecule has 0 aromatic heterocycles. The van der Waals surface area contributed by atoms with Crippen molar-refractivity contribution >= 4 is 5.97 Å². The highest BCUT2D eigenvalue weighted by Crippen LogP contribution is 2.26. The van der Waals surface area contributed by atoms with Crippen LogP contribution in [0.5, 0.6) is 5.75 Å². The third-order valence-corrected chi connectivity index (χ3v) is 2.42. The highest BCUT2D eigenvalue weighted by molar-refractivity contribution is 5.92. The fourth-order valence-corrected chi connectivity index (χ4v) is 1.59. The lowest BCUT2D eigenvalue weighted by Gasteiger charge is -2.12. The van der Waals surface area contributed by atoms with Gasteiger partial charge in [-0.1, -0.05) is 6.92 Å². The van der Waals surface area contributed by atoms with Gasteiger partial charge in [-0.05, 0) is 31.0 Å². The summed E-state index contributed by atoms with van der Waals surface area (Å²) < 4.78 is 33.6. The van der Waals surface area contributed by atoms with Crippen LogP contribution in [0, 0.1) is 11.3 Å². The molecule has 0 saturated carbocycles. The molecular formula is C13H13F2NO3. The molecule has 102 valence electrons. The van der Waals surface area contributed by atoms with Crippen molar-refractivity contribution in [2.45, 2.75) is 26.9 Å². The fourth-order valence-electron chi connectivity index (χ4n) is 1.59. The summed E-state index contributed by atoms with van der Waals surface area (Å²) >= 11 is 0. The average Bonchev–Trinajstić information content (AvgIpc) is 2.37. The van der Waals surface area contributed by atoms with Crippen LogP contribution in [0.3, 0.4) is 0 Å². The standard InChI is InChI=1S/C13H13F2NO3/c1-3-8-6-11(19-13(14)15)9(7-16)5-10(8)12(17)18-4-2/h5-6,13H,3-4H2,1-2H3. The van der Waals surface area contributed by atoms with E-state index in [0.29, 0.717) is 12.0 Å². The monoisotopic (exact) mass is 269 g/mol. The van der Waals surface area contributed by atoms with E-state index in [1.165, 1.54) is 12.1 Å². The quantitative estimate of drug-likeness (QED) is 0.771. The Labute approximate surface area is 109 Å². The van der Waals surface area contributed by atoms with E-state index < -0.39 is 12.6 Å². The first kappa shape index (κ1) is 14.9. The number of carbonyl (C=O) groups is 1. The largest absolute Gasteiger partial charge is 0.462 e. The molecule has 0 heterocycles. The van der Waals surface area contributed by atoms with E-state index in [2.05, 4.69) is 4.74 Å². The summed E-state index contributed by atoms with van der Waals surface area (Å²) in [5, 5.41) is 8.90. The summed E-state index contributed by atoms with van der Waals surface area (Å²) in [4.78, 5) is 11.7. The summed E-state index contributed by atoms with van der Waals surface area (Å²) in [6, 6.07) is 4.22. The molecule has 0 unspecified atom stereocenters. The smallest absolute Gasteiger partial charge is 0.387 e. The Kier molecular flexibility index (Phi) is 5.24. The SMILES string of the molecule is CCOC(=O)c1cc(C#N)c(OC(F)F)cc1CC. The van der Waals surface area contributed by atoms with Crippen LogP contribution in [0.25, 0.3) is 0 Å². The van der Waals surface area contributed by atoms with Gasteiger partial charge in [-0.25, -0.2) is 4.79 Å². The fraction of sp³-hybridized carbons (Fsp3) is 0.385. The van der Waals surface area contributed by atoms with Gasteiger partial charge < -0.3 is 9.47 Å². The van der Waals surface area contributed by atoms with Crippen LogP contribution in [-0.4, -0.2) is 19.2 Å². The number of rotatable bonds is 5.